The van der Waals surface area contributed by atoms with Gasteiger partial charge >= 0.3 is 6.18 Å². The maximum atomic E-state index is 13.3. The Morgan fingerprint density at radius 1 is 1.10 bits per heavy atom. The maximum Gasteiger partial charge on any atom is 0.433 e. The topological polar surface area (TPSA) is 83.9 Å². The molecule has 1 aliphatic heterocycles. The monoisotopic (exact) mass is 414 g/mol. The predicted molar refractivity (Wildman–Crippen MR) is 102 cm³/mol. The van der Waals surface area contributed by atoms with Gasteiger partial charge in [-0.3, -0.25) is 14.8 Å². The highest BCUT2D eigenvalue weighted by Crippen LogP contribution is 2.31. The fraction of sp³-hybridized carbons (Fsp3) is 0.250. The first kappa shape index (κ1) is 19.7. The van der Waals surface area contributed by atoms with Crippen LogP contribution in [0.1, 0.15) is 22.6 Å². The minimum absolute atomic E-state index is 0.0471. The summed E-state index contributed by atoms with van der Waals surface area (Å²) >= 11 is 0. The van der Waals surface area contributed by atoms with Crippen molar-refractivity contribution >= 4 is 11.7 Å². The van der Waals surface area contributed by atoms with Crippen molar-refractivity contribution in [2.24, 2.45) is 0 Å². The Hall–Kier alpha value is -3.56. The largest absolute Gasteiger partial charge is 0.433 e. The van der Waals surface area contributed by atoms with Gasteiger partial charge in [-0.15, -0.1) is 0 Å². The van der Waals surface area contributed by atoms with Crippen LogP contribution in [0.15, 0.2) is 55.0 Å². The number of carbonyl (C=O) groups is 1. The molecule has 3 aromatic rings. The van der Waals surface area contributed by atoms with Crippen molar-refractivity contribution in [3.63, 3.8) is 0 Å². The zero-order valence-electron chi connectivity index (χ0n) is 15.7. The number of rotatable bonds is 4. The summed E-state index contributed by atoms with van der Waals surface area (Å²) in [5, 5.41) is 3.02. The number of anilines is 1. The number of amides is 1. The van der Waals surface area contributed by atoms with E-state index in [9.17, 15) is 18.0 Å². The Balaban J connectivity index is 1.54. The molecule has 0 bridgehead atoms. The number of hydrogen-bond donors (Lipinski definition) is 1. The number of halogens is 3. The van der Waals surface area contributed by atoms with Gasteiger partial charge in [0.25, 0.3) is 5.91 Å². The SMILES string of the molecule is O=C(c1ccccn1)N1CCC(Nc2cc(C(F)(F)F)nc(-c3ccncc3)n2)C1. The summed E-state index contributed by atoms with van der Waals surface area (Å²) in [7, 11) is 0. The van der Waals surface area contributed by atoms with E-state index in [1.807, 2.05) is 0 Å². The molecule has 0 radical (unpaired) electrons. The molecule has 154 valence electrons. The standard InChI is InChI=1S/C20H17F3N6O/c21-20(22,23)16-11-17(28-18(27-16)13-4-8-24-9-5-13)26-14-6-10-29(12-14)19(30)15-3-1-2-7-25-15/h1-5,7-9,11,14H,6,10,12H2,(H,26,27,28). The molecule has 10 heteroatoms. The van der Waals surface area contributed by atoms with Gasteiger partial charge in [-0.2, -0.15) is 13.2 Å². The highest BCUT2D eigenvalue weighted by atomic mass is 19.4. The molecule has 0 aromatic carbocycles. The van der Waals surface area contributed by atoms with E-state index in [0.29, 0.717) is 30.8 Å². The predicted octanol–water partition coefficient (Wildman–Crippen LogP) is 3.28. The molecule has 0 aliphatic carbocycles. The van der Waals surface area contributed by atoms with Crippen LogP contribution in [0, 0.1) is 0 Å². The quantitative estimate of drug-likeness (QED) is 0.706. The van der Waals surface area contributed by atoms with Crippen LogP contribution in [0.3, 0.4) is 0 Å². The van der Waals surface area contributed by atoms with Crippen molar-refractivity contribution in [2.75, 3.05) is 18.4 Å². The molecule has 0 spiro atoms. The highest BCUT2D eigenvalue weighted by Gasteiger charge is 2.34. The van der Waals surface area contributed by atoms with Crippen molar-refractivity contribution in [2.45, 2.75) is 18.6 Å². The van der Waals surface area contributed by atoms with Gasteiger partial charge in [-0.05, 0) is 30.7 Å². The third kappa shape index (κ3) is 4.37. The second-order valence-corrected chi connectivity index (χ2v) is 6.79. The molecule has 1 fully saturated rings. The molecule has 4 heterocycles. The molecule has 1 unspecified atom stereocenters. The van der Waals surface area contributed by atoms with E-state index in [4.69, 9.17) is 0 Å². The third-order valence-electron chi connectivity index (χ3n) is 4.67. The van der Waals surface area contributed by atoms with E-state index in [0.717, 1.165) is 6.07 Å². The Labute approximate surface area is 170 Å². The average molecular weight is 414 g/mol. The minimum Gasteiger partial charge on any atom is -0.365 e. The van der Waals surface area contributed by atoms with E-state index in [1.165, 1.54) is 12.4 Å². The number of alkyl halides is 3. The van der Waals surface area contributed by atoms with E-state index in [2.05, 4.69) is 25.3 Å². The van der Waals surface area contributed by atoms with Crippen LogP contribution < -0.4 is 5.32 Å². The summed E-state index contributed by atoms with van der Waals surface area (Å²) in [4.78, 5) is 30.0. The Morgan fingerprint density at radius 3 is 2.60 bits per heavy atom. The van der Waals surface area contributed by atoms with Crippen molar-refractivity contribution in [3.05, 3.63) is 66.4 Å². The minimum atomic E-state index is -4.61. The fourth-order valence-electron chi connectivity index (χ4n) is 3.22. The summed E-state index contributed by atoms with van der Waals surface area (Å²) in [6.45, 7) is 0.812. The molecule has 1 amide bonds. The van der Waals surface area contributed by atoms with Crippen LogP contribution in [0.2, 0.25) is 0 Å². The van der Waals surface area contributed by atoms with Crippen LogP contribution >= 0.6 is 0 Å². The van der Waals surface area contributed by atoms with Crippen molar-refractivity contribution in [3.8, 4) is 11.4 Å². The molecule has 3 aromatic heterocycles. The van der Waals surface area contributed by atoms with E-state index < -0.39 is 11.9 Å². The second kappa shape index (κ2) is 8.05. The fourth-order valence-corrected chi connectivity index (χ4v) is 3.22. The van der Waals surface area contributed by atoms with E-state index in [-0.39, 0.29) is 23.6 Å². The molecular formula is C20H17F3N6O. The van der Waals surface area contributed by atoms with Crippen LogP contribution in [0.25, 0.3) is 11.4 Å². The lowest BCUT2D eigenvalue weighted by Crippen LogP contribution is -2.32. The number of nitrogens with zero attached hydrogens (tertiary/aromatic N) is 5. The van der Waals surface area contributed by atoms with Crippen molar-refractivity contribution < 1.29 is 18.0 Å². The summed E-state index contributed by atoms with van der Waals surface area (Å²) in [6.07, 6.45) is 0.430. The van der Waals surface area contributed by atoms with Gasteiger partial charge < -0.3 is 10.2 Å². The van der Waals surface area contributed by atoms with Gasteiger partial charge in [0.15, 0.2) is 11.5 Å². The zero-order chi connectivity index (χ0) is 21.1. The first-order valence-electron chi connectivity index (χ1n) is 9.23. The summed E-state index contributed by atoms with van der Waals surface area (Å²) in [5.74, 6) is -0.202. The van der Waals surface area contributed by atoms with Crippen LogP contribution in [0.4, 0.5) is 19.0 Å². The van der Waals surface area contributed by atoms with Crippen LogP contribution in [-0.4, -0.2) is 49.9 Å². The summed E-state index contributed by atoms with van der Waals surface area (Å²) < 4.78 is 40.0. The molecule has 7 nitrogen and oxygen atoms in total. The smallest absolute Gasteiger partial charge is 0.365 e. The number of carbonyl (C=O) groups excluding carboxylic acids is 1. The Kier molecular flexibility index (Phi) is 5.30. The first-order valence-corrected chi connectivity index (χ1v) is 9.23. The molecule has 30 heavy (non-hydrogen) atoms. The number of hydrogen-bond acceptors (Lipinski definition) is 6. The molecule has 1 atom stereocenters. The van der Waals surface area contributed by atoms with Crippen molar-refractivity contribution in [1.29, 1.82) is 0 Å². The number of aromatic nitrogens is 4. The zero-order valence-corrected chi connectivity index (χ0v) is 15.7. The molecule has 1 aliphatic rings. The lowest BCUT2D eigenvalue weighted by molar-refractivity contribution is -0.141. The lowest BCUT2D eigenvalue weighted by atomic mass is 10.2. The lowest BCUT2D eigenvalue weighted by Gasteiger charge is -2.18. The van der Waals surface area contributed by atoms with E-state index >= 15 is 0 Å². The van der Waals surface area contributed by atoms with Gasteiger partial charge in [-0.1, -0.05) is 6.07 Å². The van der Waals surface area contributed by atoms with Crippen LogP contribution in [-0.2, 0) is 6.18 Å². The second-order valence-electron chi connectivity index (χ2n) is 6.79. The molecule has 1 N–H and O–H groups in total. The van der Waals surface area contributed by atoms with Crippen molar-refractivity contribution in [1.82, 2.24) is 24.8 Å². The molecule has 0 saturated carbocycles. The third-order valence-corrected chi connectivity index (χ3v) is 4.67. The average Bonchev–Trinajstić information content (AvgIpc) is 3.22. The molecule has 1 saturated heterocycles. The normalized spacial score (nSPS) is 16.5. The number of pyridine rings is 2. The van der Waals surface area contributed by atoms with Gasteiger partial charge in [0.1, 0.15) is 11.5 Å². The number of likely N-dealkylation sites (tertiary alicyclic amines) is 1. The van der Waals surface area contributed by atoms with Gasteiger partial charge in [0, 0.05) is 49.4 Å². The maximum absolute atomic E-state index is 13.3. The molecule has 4 rings (SSSR count). The molecular weight excluding hydrogens is 397 g/mol. The Bertz CT molecular complexity index is 1030. The Morgan fingerprint density at radius 2 is 1.90 bits per heavy atom. The highest BCUT2D eigenvalue weighted by molar-refractivity contribution is 5.92. The number of nitrogens with one attached hydrogen (secondary N) is 1. The van der Waals surface area contributed by atoms with E-state index in [1.54, 1.807) is 41.4 Å². The van der Waals surface area contributed by atoms with Gasteiger partial charge in [0.2, 0.25) is 0 Å². The summed E-state index contributed by atoms with van der Waals surface area (Å²) in [6, 6.07) is 8.81. The van der Waals surface area contributed by atoms with Crippen LogP contribution in [0.5, 0.6) is 0 Å². The summed E-state index contributed by atoms with van der Waals surface area (Å²) in [5.41, 5.74) is -0.275. The van der Waals surface area contributed by atoms with Gasteiger partial charge in [0.05, 0.1) is 0 Å². The van der Waals surface area contributed by atoms with Gasteiger partial charge in [-0.25, -0.2) is 9.97 Å². The first-order chi connectivity index (χ1) is 14.4.